The van der Waals surface area contributed by atoms with Gasteiger partial charge in [0.05, 0.1) is 4.83 Å². The fourth-order valence-electron chi connectivity index (χ4n) is 2.49. The van der Waals surface area contributed by atoms with Crippen molar-refractivity contribution in [3.05, 3.63) is 55.8 Å². The van der Waals surface area contributed by atoms with Crippen LogP contribution in [0.2, 0.25) is 0 Å². The highest BCUT2D eigenvalue weighted by atomic mass is 79.9. The van der Waals surface area contributed by atoms with Crippen LogP contribution in [-0.4, -0.2) is 0 Å². The van der Waals surface area contributed by atoms with E-state index in [4.69, 9.17) is 0 Å². The SMILES string of the molecule is Cc1c(C)c(C)c(C(Br)c2cccs2)c(C)c1C. The number of benzene rings is 1. The maximum Gasteiger partial charge on any atom is 0.0743 e. The van der Waals surface area contributed by atoms with Gasteiger partial charge in [0.25, 0.3) is 0 Å². The maximum atomic E-state index is 3.88. The van der Waals surface area contributed by atoms with Crippen LogP contribution in [0.3, 0.4) is 0 Å². The van der Waals surface area contributed by atoms with E-state index < -0.39 is 0 Å². The Labute approximate surface area is 122 Å². The molecule has 0 amide bonds. The summed E-state index contributed by atoms with van der Waals surface area (Å²) in [6.45, 7) is 11.2. The first kappa shape index (κ1) is 13.8. The second-order valence-corrected chi connectivity index (χ2v) is 6.81. The van der Waals surface area contributed by atoms with Crippen molar-refractivity contribution in [2.24, 2.45) is 0 Å². The van der Waals surface area contributed by atoms with Gasteiger partial charge in [-0.05, 0) is 79.4 Å². The lowest BCUT2D eigenvalue weighted by molar-refractivity contribution is 1.07. The molecule has 0 aliphatic rings. The number of hydrogen-bond donors (Lipinski definition) is 0. The van der Waals surface area contributed by atoms with E-state index in [2.05, 4.69) is 68.1 Å². The van der Waals surface area contributed by atoms with Crippen molar-refractivity contribution in [3.63, 3.8) is 0 Å². The first-order valence-corrected chi connectivity index (χ1v) is 7.99. The molecule has 0 aliphatic heterocycles. The Balaban J connectivity index is 2.65. The standard InChI is InChI=1S/C16H19BrS/c1-9-10(2)12(4)15(13(5)11(9)3)16(17)14-7-6-8-18-14/h6-8,16H,1-5H3. The molecule has 1 atom stereocenters. The minimum absolute atomic E-state index is 0.315. The van der Waals surface area contributed by atoms with Gasteiger partial charge in [0.15, 0.2) is 0 Å². The summed E-state index contributed by atoms with van der Waals surface area (Å²) in [5.74, 6) is 0. The van der Waals surface area contributed by atoms with Crippen LogP contribution in [0.25, 0.3) is 0 Å². The van der Waals surface area contributed by atoms with Crippen LogP contribution in [-0.2, 0) is 0 Å². The number of hydrogen-bond acceptors (Lipinski definition) is 1. The first-order valence-electron chi connectivity index (χ1n) is 6.19. The molecular weight excluding hydrogens is 304 g/mol. The zero-order chi connectivity index (χ0) is 13.4. The molecule has 0 nitrogen and oxygen atoms in total. The molecular formula is C16H19BrS. The predicted octanol–water partition coefficient (Wildman–Crippen LogP) is 5.77. The van der Waals surface area contributed by atoms with Crippen LogP contribution < -0.4 is 0 Å². The van der Waals surface area contributed by atoms with E-state index in [-0.39, 0.29) is 0 Å². The summed E-state index contributed by atoms with van der Waals surface area (Å²) in [4.78, 5) is 1.69. The summed E-state index contributed by atoms with van der Waals surface area (Å²) in [6.07, 6.45) is 0. The Kier molecular flexibility index (Phi) is 3.98. The summed E-state index contributed by atoms with van der Waals surface area (Å²) in [5, 5.41) is 2.14. The Hall–Kier alpha value is -0.600. The van der Waals surface area contributed by atoms with Gasteiger partial charge in [-0.25, -0.2) is 0 Å². The maximum absolute atomic E-state index is 3.88. The molecule has 18 heavy (non-hydrogen) atoms. The van der Waals surface area contributed by atoms with E-state index in [1.54, 1.807) is 0 Å². The molecule has 0 radical (unpaired) electrons. The molecule has 0 fully saturated rings. The van der Waals surface area contributed by atoms with Gasteiger partial charge in [-0.3, -0.25) is 0 Å². The number of halogens is 1. The van der Waals surface area contributed by atoms with Crippen molar-refractivity contribution in [1.29, 1.82) is 0 Å². The van der Waals surface area contributed by atoms with Gasteiger partial charge in [-0.2, -0.15) is 0 Å². The monoisotopic (exact) mass is 322 g/mol. The summed E-state index contributed by atoms with van der Waals surface area (Å²) >= 11 is 5.69. The Morgan fingerprint density at radius 2 is 1.39 bits per heavy atom. The zero-order valence-electron chi connectivity index (χ0n) is 11.6. The summed E-state index contributed by atoms with van der Waals surface area (Å²) < 4.78 is 0. The molecule has 2 rings (SSSR count). The molecule has 0 bridgehead atoms. The molecule has 1 unspecified atom stereocenters. The fraction of sp³-hybridized carbons (Fsp3) is 0.375. The van der Waals surface area contributed by atoms with Crippen LogP contribution in [0, 0.1) is 34.6 Å². The average Bonchev–Trinajstić information content (AvgIpc) is 2.88. The van der Waals surface area contributed by atoms with Crippen LogP contribution in [0.4, 0.5) is 0 Å². The fourth-order valence-corrected chi connectivity index (χ4v) is 4.36. The lowest BCUT2D eigenvalue weighted by Crippen LogP contribution is -2.04. The topological polar surface area (TPSA) is 0 Å². The van der Waals surface area contributed by atoms with Crippen LogP contribution >= 0.6 is 27.3 Å². The third-order valence-corrected chi connectivity index (χ3v) is 6.30. The van der Waals surface area contributed by atoms with E-state index in [0.29, 0.717) is 4.83 Å². The smallest absolute Gasteiger partial charge is 0.0743 e. The highest BCUT2D eigenvalue weighted by Gasteiger charge is 2.20. The lowest BCUT2D eigenvalue weighted by Gasteiger charge is -2.21. The molecule has 1 aromatic heterocycles. The van der Waals surface area contributed by atoms with Gasteiger partial charge < -0.3 is 0 Å². The van der Waals surface area contributed by atoms with Crippen LogP contribution in [0.15, 0.2) is 17.5 Å². The third kappa shape index (κ3) is 2.17. The van der Waals surface area contributed by atoms with E-state index in [0.717, 1.165) is 0 Å². The van der Waals surface area contributed by atoms with E-state index >= 15 is 0 Å². The van der Waals surface area contributed by atoms with Gasteiger partial charge in [0.2, 0.25) is 0 Å². The first-order chi connectivity index (χ1) is 8.45. The number of alkyl halides is 1. The molecule has 0 aliphatic carbocycles. The summed E-state index contributed by atoms with van der Waals surface area (Å²) in [7, 11) is 0. The van der Waals surface area contributed by atoms with E-state index in [9.17, 15) is 0 Å². The lowest BCUT2D eigenvalue weighted by atomic mass is 9.88. The van der Waals surface area contributed by atoms with Crippen LogP contribution in [0.1, 0.15) is 43.1 Å². The summed E-state index contributed by atoms with van der Waals surface area (Å²) in [6, 6.07) is 4.32. The molecule has 0 saturated carbocycles. The second kappa shape index (κ2) is 5.18. The largest absolute Gasteiger partial charge is 0.147 e. The minimum Gasteiger partial charge on any atom is -0.147 e. The van der Waals surface area contributed by atoms with Gasteiger partial charge >= 0.3 is 0 Å². The van der Waals surface area contributed by atoms with Crippen molar-refractivity contribution < 1.29 is 0 Å². The molecule has 2 aromatic rings. The Morgan fingerprint density at radius 1 is 0.889 bits per heavy atom. The average molecular weight is 323 g/mol. The van der Waals surface area contributed by atoms with Crippen molar-refractivity contribution in [2.45, 2.75) is 39.4 Å². The molecule has 0 N–H and O–H groups in total. The predicted molar refractivity (Wildman–Crippen MR) is 85.2 cm³/mol. The normalized spacial score (nSPS) is 12.8. The molecule has 0 spiro atoms. The Morgan fingerprint density at radius 3 is 1.83 bits per heavy atom. The van der Waals surface area contributed by atoms with Crippen molar-refractivity contribution in [3.8, 4) is 0 Å². The van der Waals surface area contributed by atoms with Gasteiger partial charge in [0, 0.05) is 4.88 Å². The number of rotatable bonds is 2. The molecule has 0 saturated heterocycles. The van der Waals surface area contributed by atoms with Crippen molar-refractivity contribution in [1.82, 2.24) is 0 Å². The third-order valence-electron chi connectivity index (χ3n) is 4.10. The molecule has 2 heteroatoms. The van der Waals surface area contributed by atoms with E-state index in [1.165, 1.54) is 38.3 Å². The van der Waals surface area contributed by atoms with Crippen molar-refractivity contribution in [2.75, 3.05) is 0 Å². The molecule has 1 aromatic carbocycles. The van der Waals surface area contributed by atoms with Gasteiger partial charge in [-0.1, -0.05) is 22.0 Å². The Bertz CT molecular complexity index is 538. The molecule has 1 heterocycles. The quantitative estimate of drug-likeness (QED) is 0.615. The second-order valence-electron chi connectivity index (χ2n) is 4.92. The van der Waals surface area contributed by atoms with Crippen LogP contribution in [0.5, 0.6) is 0 Å². The van der Waals surface area contributed by atoms with E-state index in [1.807, 2.05) is 11.3 Å². The van der Waals surface area contributed by atoms with Gasteiger partial charge in [-0.15, -0.1) is 11.3 Å². The van der Waals surface area contributed by atoms with Gasteiger partial charge in [0.1, 0.15) is 0 Å². The van der Waals surface area contributed by atoms with Crippen molar-refractivity contribution >= 4 is 27.3 Å². The zero-order valence-corrected chi connectivity index (χ0v) is 14.0. The highest BCUT2D eigenvalue weighted by molar-refractivity contribution is 9.09. The summed E-state index contributed by atoms with van der Waals surface area (Å²) in [5.41, 5.74) is 8.57. The molecule has 96 valence electrons. The minimum atomic E-state index is 0.315. The highest BCUT2D eigenvalue weighted by Crippen LogP contribution is 2.40. The number of thiophene rings is 1.